The maximum atomic E-state index is 11.0. The molecule has 2 aromatic rings. The monoisotopic (exact) mass is 316 g/mol. The van der Waals surface area contributed by atoms with Crippen LogP contribution in [-0.2, 0) is 0 Å². The lowest BCUT2D eigenvalue weighted by atomic mass is 10.1. The van der Waals surface area contributed by atoms with E-state index in [2.05, 4.69) is 10.5 Å². The molecule has 0 aliphatic rings. The van der Waals surface area contributed by atoms with Gasteiger partial charge in [0.2, 0.25) is 0 Å². The van der Waals surface area contributed by atoms with Crippen molar-refractivity contribution in [2.75, 3.05) is 5.43 Å². The Morgan fingerprint density at radius 1 is 1.13 bits per heavy atom. The van der Waals surface area contributed by atoms with Crippen LogP contribution in [0.5, 0.6) is 5.75 Å². The van der Waals surface area contributed by atoms with E-state index in [1.807, 2.05) is 0 Å². The molecule has 0 saturated heterocycles. The Balaban J connectivity index is 2.33. The SMILES string of the molecule is C/C(=N/Nc1ccc([N+](=O)[O-])cc1[N+](=O)[O-])c1ccccc1O. The Bertz CT molecular complexity index is 804. The van der Waals surface area contributed by atoms with Crippen molar-refractivity contribution in [1.29, 1.82) is 0 Å². The van der Waals surface area contributed by atoms with E-state index >= 15 is 0 Å². The molecule has 23 heavy (non-hydrogen) atoms. The number of benzene rings is 2. The van der Waals surface area contributed by atoms with Crippen molar-refractivity contribution in [1.82, 2.24) is 0 Å². The molecule has 0 bridgehead atoms. The molecule has 0 spiro atoms. The predicted molar refractivity (Wildman–Crippen MR) is 83.7 cm³/mol. The average Bonchev–Trinajstić information content (AvgIpc) is 2.52. The van der Waals surface area contributed by atoms with Gasteiger partial charge in [0.05, 0.1) is 21.6 Å². The first-order chi connectivity index (χ1) is 10.9. The molecule has 9 heteroatoms. The van der Waals surface area contributed by atoms with Crippen LogP contribution in [0.4, 0.5) is 17.1 Å². The molecule has 0 heterocycles. The number of hydrogen-bond acceptors (Lipinski definition) is 7. The summed E-state index contributed by atoms with van der Waals surface area (Å²) in [5.74, 6) is 0.0220. The molecule has 0 aliphatic heterocycles. The summed E-state index contributed by atoms with van der Waals surface area (Å²) in [5.41, 5.74) is 2.52. The lowest BCUT2D eigenvalue weighted by Gasteiger charge is -2.06. The molecule has 0 aromatic heterocycles. The van der Waals surface area contributed by atoms with E-state index in [-0.39, 0.29) is 17.1 Å². The molecular formula is C14H12N4O5. The molecule has 0 radical (unpaired) electrons. The summed E-state index contributed by atoms with van der Waals surface area (Å²) in [6.45, 7) is 1.61. The van der Waals surface area contributed by atoms with Gasteiger partial charge in [0.1, 0.15) is 11.4 Å². The van der Waals surface area contributed by atoms with Gasteiger partial charge >= 0.3 is 5.69 Å². The van der Waals surface area contributed by atoms with Crippen LogP contribution in [0.1, 0.15) is 12.5 Å². The van der Waals surface area contributed by atoms with Crippen LogP contribution < -0.4 is 5.43 Å². The molecular weight excluding hydrogens is 304 g/mol. The smallest absolute Gasteiger partial charge is 0.301 e. The number of phenolic OH excluding ortho intramolecular Hbond substituents is 1. The summed E-state index contributed by atoms with van der Waals surface area (Å²) >= 11 is 0. The highest BCUT2D eigenvalue weighted by Crippen LogP contribution is 2.29. The third kappa shape index (κ3) is 3.59. The van der Waals surface area contributed by atoms with Gasteiger partial charge in [0.25, 0.3) is 5.69 Å². The van der Waals surface area contributed by atoms with E-state index in [0.29, 0.717) is 11.3 Å². The van der Waals surface area contributed by atoms with Crippen molar-refractivity contribution < 1.29 is 15.0 Å². The minimum atomic E-state index is -0.736. The molecule has 0 unspecified atom stereocenters. The number of aromatic hydroxyl groups is 1. The van der Waals surface area contributed by atoms with Gasteiger partial charge in [-0.05, 0) is 25.1 Å². The number of hydrazone groups is 1. The van der Waals surface area contributed by atoms with Gasteiger partial charge in [-0.25, -0.2) is 0 Å². The number of rotatable bonds is 5. The van der Waals surface area contributed by atoms with Crippen molar-refractivity contribution in [3.63, 3.8) is 0 Å². The summed E-state index contributed by atoms with van der Waals surface area (Å²) in [6, 6.07) is 9.69. The summed E-state index contributed by atoms with van der Waals surface area (Å²) in [4.78, 5) is 20.3. The molecule has 0 atom stereocenters. The second-order valence-corrected chi connectivity index (χ2v) is 4.54. The third-order valence-electron chi connectivity index (χ3n) is 3.03. The Labute approximate surface area is 130 Å². The summed E-state index contributed by atoms with van der Waals surface area (Å²) in [7, 11) is 0. The number of nitrogens with one attached hydrogen (secondary N) is 1. The Kier molecular flexibility index (Phi) is 4.50. The van der Waals surface area contributed by atoms with Gasteiger partial charge in [-0.15, -0.1) is 0 Å². The standard InChI is InChI=1S/C14H12N4O5/c1-9(11-4-2-3-5-14(11)19)15-16-12-7-6-10(17(20)21)8-13(12)18(22)23/h2-8,16,19H,1H3/b15-9-. The Hall–Kier alpha value is -3.49. The molecule has 118 valence electrons. The normalized spacial score (nSPS) is 11.1. The fourth-order valence-electron chi connectivity index (χ4n) is 1.86. The van der Waals surface area contributed by atoms with Crippen LogP contribution in [0, 0.1) is 20.2 Å². The fraction of sp³-hybridized carbons (Fsp3) is 0.0714. The quantitative estimate of drug-likeness (QED) is 0.495. The number of hydrogen-bond donors (Lipinski definition) is 2. The fourth-order valence-corrected chi connectivity index (χ4v) is 1.86. The molecule has 2 N–H and O–H groups in total. The van der Waals surface area contributed by atoms with Crippen molar-refractivity contribution in [3.8, 4) is 5.75 Å². The van der Waals surface area contributed by atoms with E-state index in [4.69, 9.17) is 0 Å². The maximum absolute atomic E-state index is 11.0. The highest BCUT2D eigenvalue weighted by Gasteiger charge is 2.19. The van der Waals surface area contributed by atoms with Crippen LogP contribution in [0.3, 0.4) is 0 Å². The first-order valence-electron chi connectivity index (χ1n) is 6.41. The number of nitro groups is 2. The van der Waals surface area contributed by atoms with E-state index < -0.39 is 15.5 Å². The third-order valence-corrected chi connectivity index (χ3v) is 3.03. The van der Waals surface area contributed by atoms with Crippen LogP contribution in [0.25, 0.3) is 0 Å². The van der Waals surface area contributed by atoms with E-state index in [0.717, 1.165) is 12.1 Å². The number of nitro benzene ring substituents is 2. The van der Waals surface area contributed by atoms with Crippen LogP contribution in [0.15, 0.2) is 47.6 Å². The van der Waals surface area contributed by atoms with Crippen molar-refractivity contribution in [2.45, 2.75) is 6.92 Å². The highest BCUT2D eigenvalue weighted by atomic mass is 16.6. The average molecular weight is 316 g/mol. The lowest BCUT2D eigenvalue weighted by molar-refractivity contribution is -0.393. The number of para-hydroxylation sites is 1. The zero-order valence-corrected chi connectivity index (χ0v) is 12.0. The molecule has 9 nitrogen and oxygen atoms in total. The van der Waals surface area contributed by atoms with Gasteiger partial charge < -0.3 is 5.11 Å². The van der Waals surface area contributed by atoms with Crippen LogP contribution >= 0.6 is 0 Å². The van der Waals surface area contributed by atoms with Gasteiger partial charge in [-0.2, -0.15) is 5.10 Å². The zero-order valence-electron chi connectivity index (χ0n) is 12.0. The van der Waals surface area contributed by atoms with Crippen molar-refractivity contribution >= 4 is 22.8 Å². The van der Waals surface area contributed by atoms with Crippen LogP contribution in [0.2, 0.25) is 0 Å². The molecule has 0 fully saturated rings. The first-order valence-corrected chi connectivity index (χ1v) is 6.41. The second-order valence-electron chi connectivity index (χ2n) is 4.54. The zero-order chi connectivity index (χ0) is 17.0. The van der Waals surface area contributed by atoms with Crippen molar-refractivity contribution in [2.24, 2.45) is 5.10 Å². The first kappa shape index (κ1) is 15.9. The summed E-state index contributed by atoms with van der Waals surface area (Å²) in [6.07, 6.45) is 0. The number of non-ortho nitro benzene ring substituents is 1. The van der Waals surface area contributed by atoms with Gasteiger partial charge in [-0.3, -0.25) is 25.7 Å². The lowest BCUT2D eigenvalue weighted by Crippen LogP contribution is -2.02. The van der Waals surface area contributed by atoms with Gasteiger partial charge in [0.15, 0.2) is 0 Å². The van der Waals surface area contributed by atoms with Crippen molar-refractivity contribution in [3.05, 3.63) is 68.3 Å². The predicted octanol–water partition coefficient (Wildman–Crippen LogP) is 3.04. The number of anilines is 1. The van der Waals surface area contributed by atoms with E-state index in [1.54, 1.807) is 25.1 Å². The van der Waals surface area contributed by atoms with Gasteiger partial charge in [-0.1, -0.05) is 12.1 Å². The number of nitrogens with zero attached hydrogens (tertiary/aromatic N) is 3. The summed E-state index contributed by atoms with van der Waals surface area (Å²) < 4.78 is 0. The Morgan fingerprint density at radius 3 is 2.43 bits per heavy atom. The topological polar surface area (TPSA) is 131 Å². The van der Waals surface area contributed by atoms with Gasteiger partial charge in [0, 0.05) is 11.6 Å². The molecule has 0 amide bonds. The summed E-state index contributed by atoms with van der Waals surface area (Å²) in [5, 5.41) is 35.4. The second kappa shape index (κ2) is 6.52. The maximum Gasteiger partial charge on any atom is 0.301 e. The largest absolute Gasteiger partial charge is 0.507 e. The minimum absolute atomic E-state index is 0.00960. The highest BCUT2D eigenvalue weighted by molar-refractivity contribution is 6.01. The Morgan fingerprint density at radius 2 is 1.83 bits per heavy atom. The molecule has 2 rings (SSSR count). The number of phenols is 1. The van der Waals surface area contributed by atoms with Crippen LogP contribution in [-0.4, -0.2) is 20.7 Å². The minimum Gasteiger partial charge on any atom is -0.507 e. The molecule has 2 aromatic carbocycles. The van der Waals surface area contributed by atoms with E-state index in [1.165, 1.54) is 12.1 Å². The molecule has 0 aliphatic carbocycles. The van der Waals surface area contributed by atoms with E-state index in [9.17, 15) is 25.3 Å². The molecule has 0 saturated carbocycles.